The summed E-state index contributed by atoms with van der Waals surface area (Å²) >= 11 is 2.19. The van der Waals surface area contributed by atoms with Crippen LogP contribution in [0.2, 0.25) is 0 Å². The maximum Gasteiger partial charge on any atom is 0.350 e. The number of nitrogens with zero attached hydrogens (tertiary/aromatic N) is 2. The smallest absolute Gasteiger partial charge is 0.350 e. The lowest BCUT2D eigenvalue weighted by atomic mass is 10.2. The number of aryl methyl sites for hydroxylation is 2. The van der Waals surface area contributed by atoms with Gasteiger partial charge in [-0.2, -0.15) is 0 Å². The number of esters is 1. The van der Waals surface area contributed by atoms with E-state index in [2.05, 4.69) is 20.3 Å². The van der Waals surface area contributed by atoms with Gasteiger partial charge in [0.1, 0.15) is 4.88 Å². The highest BCUT2D eigenvalue weighted by Gasteiger charge is 2.18. The summed E-state index contributed by atoms with van der Waals surface area (Å²) in [6.07, 6.45) is 0. The molecule has 0 saturated heterocycles. The van der Waals surface area contributed by atoms with Gasteiger partial charge in [0.15, 0.2) is 10.3 Å². The number of carbonyl (C=O) groups excluding carboxylic acids is 2. The normalized spacial score (nSPS) is 10.8. The Bertz CT molecular complexity index is 860. The molecule has 140 valence electrons. The first-order valence-electron chi connectivity index (χ1n) is 7.89. The fourth-order valence-corrected chi connectivity index (χ4v) is 3.45. The topological polar surface area (TPSA) is 114 Å². The monoisotopic (exact) mass is 396 g/mol. The number of hydrogen-bond acceptors (Lipinski definition) is 8. The Labute approximate surface area is 158 Å². The zero-order valence-corrected chi connectivity index (χ0v) is 16.5. The number of thioether (sulfide) groups is 1. The van der Waals surface area contributed by atoms with Crippen molar-refractivity contribution in [2.24, 2.45) is 5.92 Å². The second-order valence-corrected chi connectivity index (χ2v) is 7.92. The third-order valence-corrected chi connectivity index (χ3v) is 4.89. The molecular weight excluding hydrogens is 376 g/mol. The Morgan fingerprint density at radius 2 is 2.08 bits per heavy atom. The maximum absolute atomic E-state index is 12.1. The Hall–Kier alpha value is -2.20. The fraction of sp³-hybridized carbons (Fsp3) is 0.438. The lowest BCUT2D eigenvalue weighted by Gasteiger charge is -2.05. The second-order valence-electron chi connectivity index (χ2n) is 5.95. The van der Waals surface area contributed by atoms with E-state index in [1.165, 1.54) is 6.07 Å². The minimum atomic E-state index is -0.440. The van der Waals surface area contributed by atoms with Gasteiger partial charge in [-0.25, -0.2) is 14.8 Å². The number of amides is 1. The Balaban J connectivity index is 1.93. The number of rotatable bonds is 7. The first kappa shape index (κ1) is 20.1. The van der Waals surface area contributed by atoms with E-state index in [1.54, 1.807) is 13.8 Å². The van der Waals surface area contributed by atoms with Gasteiger partial charge in [0, 0.05) is 11.8 Å². The van der Waals surface area contributed by atoms with Crippen LogP contribution < -0.4 is 10.9 Å². The van der Waals surface area contributed by atoms with Crippen molar-refractivity contribution in [3.63, 3.8) is 0 Å². The van der Waals surface area contributed by atoms with Gasteiger partial charge in [0.05, 0.1) is 18.1 Å². The average molecular weight is 396 g/mol. The molecule has 2 aromatic rings. The van der Waals surface area contributed by atoms with E-state index in [0.717, 1.165) is 23.1 Å². The van der Waals surface area contributed by atoms with Crippen LogP contribution in [0.25, 0.3) is 0 Å². The maximum atomic E-state index is 12.1. The molecule has 0 aliphatic rings. The average Bonchev–Trinajstić information content (AvgIpc) is 2.90. The highest BCUT2D eigenvalue weighted by molar-refractivity contribution is 7.99. The summed E-state index contributed by atoms with van der Waals surface area (Å²) in [7, 11) is 0. The van der Waals surface area contributed by atoms with Crippen LogP contribution in [-0.4, -0.2) is 39.2 Å². The van der Waals surface area contributed by atoms with Gasteiger partial charge in [0.25, 0.3) is 5.56 Å². The zero-order valence-electron chi connectivity index (χ0n) is 14.9. The van der Waals surface area contributed by atoms with Crippen LogP contribution in [0, 0.1) is 19.8 Å². The molecule has 2 heterocycles. The van der Waals surface area contributed by atoms with Crippen LogP contribution in [0.1, 0.15) is 34.9 Å². The summed E-state index contributed by atoms with van der Waals surface area (Å²) in [6, 6.07) is 1.38. The van der Waals surface area contributed by atoms with E-state index < -0.39 is 5.97 Å². The number of aromatic amines is 1. The first-order chi connectivity index (χ1) is 12.2. The van der Waals surface area contributed by atoms with Gasteiger partial charge >= 0.3 is 5.97 Å². The largest absolute Gasteiger partial charge is 0.461 e. The van der Waals surface area contributed by atoms with Crippen molar-refractivity contribution in [2.75, 3.05) is 17.7 Å². The molecule has 10 heteroatoms. The Kier molecular flexibility index (Phi) is 6.92. The Morgan fingerprint density at radius 1 is 1.35 bits per heavy atom. The summed E-state index contributed by atoms with van der Waals surface area (Å²) in [5.41, 5.74) is 0.827. The van der Waals surface area contributed by atoms with E-state index in [9.17, 15) is 14.4 Å². The minimum Gasteiger partial charge on any atom is -0.461 e. The molecule has 0 aliphatic carbocycles. The number of thiazole rings is 1. The number of carbonyl (C=O) groups is 2. The molecule has 0 spiro atoms. The van der Waals surface area contributed by atoms with E-state index in [0.29, 0.717) is 33.2 Å². The van der Waals surface area contributed by atoms with Crippen LogP contribution in [0.15, 0.2) is 16.0 Å². The molecule has 0 aliphatic heterocycles. The van der Waals surface area contributed by atoms with Gasteiger partial charge in [0.2, 0.25) is 5.91 Å². The summed E-state index contributed by atoms with van der Waals surface area (Å²) in [5, 5.41) is 3.34. The lowest BCUT2D eigenvalue weighted by Crippen LogP contribution is -2.15. The van der Waals surface area contributed by atoms with E-state index in [-0.39, 0.29) is 23.1 Å². The van der Waals surface area contributed by atoms with E-state index in [1.807, 2.05) is 13.8 Å². The molecule has 0 aromatic carbocycles. The van der Waals surface area contributed by atoms with Crippen molar-refractivity contribution < 1.29 is 14.3 Å². The second kappa shape index (κ2) is 8.95. The van der Waals surface area contributed by atoms with Crippen LogP contribution >= 0.6 is 23.1 Å². The third-order valence-electron chi connectivity index (χ3n) is 2.96. The highest BCUT2D eigenvalue weighted by Crippen LogP contribution is 2.24. The predicted molar refractivity (Wildman–Crippen MR) is 101 cm³/mol. The summed E-state index contributed by atoms with van der Waals surface area (Å²) < 4.78 is 5.19. The number of anilines is 1. The summed E-state index contributed by atoms with van der Waals surface area (Å²) in [4.78, 5) is 46.7. The standard InChI is InChI=1S/C16H20N4O4S2/c1-8(2)6-24-14(23)13-10(4)18-16(26-13)20-12(22)7-25-15-17-9(3)5-11(21)19-15/h5,8H,6-7H2,1-4H3,(H,17,19,21)(H,18,20,22). The molecule has 0 atom stereocenters. The number of nitrogens with one attached hydrogen (secondary N) is 2. The number of aromatic nitrogens is 3. The molecule has 2 N–H and O–H groups in total. The SMILES string of the molecule is Cc1cc(=O)[nH]c(SCC(=O)Nc2nc(C)c(C(=O)OCC(C)C)s2)n1. The van der Waals surface area contributed by atoms with E-state index >= 15 is 0 Å². The molecule has 0 radical (unpaired) electrons. The Morgan fingerprint density at radius 3 is 2.73 bits per heavy atom. The molecule has 1 amide bonds. The molecule has 0 unspecified atom stereocenters. The zero-order chi connectivity index (χ0) is 19.3. The van der Waals surface area contributed by atoms with Crippen molar-refractivity contribution in [3.05, 3.63) is 32.7 Å². The fourth-order valence-electron chi connectivity index (χ4n) is 1.86. The van der Waals surface area contributed by atoms with Gasteiger partial charge in [-0.3, -0.25) is 9.59 Å². The summed E-state index contributed by atoms with van der Waals surface area (Å²) in [6.45, 7) is 7.63. The van der Waals surface area contributed by atoms with Crippen molar-refractivity contribution in [3.8, 4) is 0 Å². The quantitative estimate of drug-likeness (QED) is 0.419. The van der Waals surface area contributed by atoms with Crippen LogP contribution in [0.3, 0.4) is 0 Å². The molecule has 8 nitrogen and oxygen atoms in total. The molecule has 0 fully saturated rings. The van der Waals surface area contributed by atoms with Gasteiger partial charge in [-0.15, -0.1) is 0 Å². The van der Waals surface area contributed by atoms with Gasteiger partial charge in [-0.1, -0.05) is 36.9 Å². The van der Waals surface area contributed by atoms with Gasteiger partial charge < -0.3 is 15.0 Å². The minimum absolute atomic E-state index is 0.0537. The predicted octanol–water partition coefficient (Wildman–Crippen LogP) is 2.39. The van der Waals surface area contributed by atoms with Crippen LogP contribution in [-0.2, 0) is 9.53 Å². The third kappa shape index (κ3) is 5.95. The molecular formula is C16H20N4O4S2. The van der Waals surface area contributed by atoms with Gasteiger partial charge in [-0.05, 0) is 19.8 Å². The van der Waals surface area contributed by atoms with Crippen molar-refractivity contribution in [1.82, 2.24) is 15.0 Å². The van der Waals surface area contributed by atoms with Crippen molar-refractivity contribution in [1.29, 1.82) is 0 Å². The highest BCUT2D eigenvalue weighted by atomic mass is 32.2. The molecule has 2 rings (SSSR count). The number of H-pyrrole nitrogens is 1. The molecule has 26 heavy (non-hydrogen) atoms. The molecule has 0 bridgehead atoms. The summed E-state index contributed by atoms with van der Waals surface area (Å²) in [5.74, 6) is -0.455. The molecule has 0 saturated carbocycles. The van der Waals surface area contributed by atoms with Crippen molar-refractivity contribution >= 4 is 40.1 Å². The molecule has 2 aromatic heterocycles. The van der Waals surface area contributed by atoms with Crippen LogP contribution in [0.4, 0.5) is 5.13 Å². The van der Waals surface area contributed by atoms with E-state index in [4.69, 9.17) is 4.74 Å². The number of ether oxygens (including phenoxy) is 1. The van der Waals surface area contributed by atoms with Crippen molar-refractivity contribution in [2.45, 2.75) is 32.9 Å². The first-order valence-corrected chi connectivity index (χ1v) is 9.70. The van der Waals surface area contributed by atoms with Crippen LogP contribution in [0.5, 0.6) is 0 Å². The number of hydrogen-bond donors (Lipinski definition) is 2. The lowest BCUT2D eigenvalue weighted by molar-refractivity contribution is -0.113.